The smallest absolute Gasteiger partial charge is 0.156 e. The number of imidazole rings is 1. The summed E-state index contributed by atoms with van der Waals surface area (Å²) in [5, 5.41) is 9.19. The number of nitrogens with zero attached hydrogens (tertiary/aromatic N) is 6. The van der Waals surface area contributed by atoms with Gasteiger partial charge >= 0.3 is 0 Å². The van der Waals surface area contributed by atoms with Crippen molar-refractivity contribution in [1.82, 2.24) is 24.8 Å². The number of benzene rings is 1. The number of likely N-dealkylation sites (N-methyl/N-ethyl adjacent to an activating group) is 1. The second-order valence-electron chi connectivity index (χ2n) is 8.37. The summed E-state index contributed by atoms with van der Waals surface area (Å²) in [5.41, 5.74) is 3.45. The molecule has 4 heterocycles. The molecule has 0 aliphatic carbocycles. The Hall–Kier alpha value is -2.95. The van der Waals surface area contributed by atoms with Gasteiger partial charge in [-0.3, -0.25) is 4.90 Å². The average Bonchev–Trinajstić information content (AvgIpc) is 3.24. The maximum atomic E-state index is 9.19. The monoisotopic (exact) mass is 401 g/mol. The molecule has 0 amide bonds. The van der Waals surface area contributed by atoms with Crippen molar-refractivity contribution in [2.45, 2.75) is 18.9 Å². The van der Waals surface area contributed by atoms with E-state index in [-0.39, 0.29) is 0 Å². The van der Waals surface area contributed by atoms with E-state index in [1.54, 1.807) is 0 Å². The van der Waals surface area contributed by atoms with Gasteiger partial charge in [-0.2, -0.15) is 5.26 Å². The zero-order valence-corrected chi connectivity index (χ0v) is 17.4. The molecule has 0 bridgehead atoms. The molecule has 2 saturated heterocycles. The first kappa shape index (κ1) is 19.0. The fraction of sp³-hybridized carbons (Fsp3) is 0.435. The van der Waals surface area contributed by atoms with E-state index >= 15 is 0 Å². The van der Waals surface area contributed by atoms with Crippen LogP contribution in [0.15, 0.2) is 36.5 Å². The molecule has 3 aromatic rings. The molecule has 7 nitrogen and oxygen atoms in total. The molecule has 5 rings (SSSR count). The second-order valence-corrected chi connectivity index (χ2v) is 8.37. The third-order valence-corrected chi connectivity index (χ3v) is 6.47. The Labute approximate surface area is 176 Å². The largest absolute Gasteiger partial charge is 0.355 e. The summed E-state index contributed by atoms with van der Waals surface area (Å²) < 4.78 is 0. The highest BCUT2D eigenvalue weighted by molar-refractivity contribution is 5.88. The van der Waals surface area contributed by atoms with Crippen LogP contribution < -0.4 is 4.90 Å². The lowest BCUT2D eigenvalue weighted by Crippen LogP contribution is -2.52. The van der Waals surface area contributed by atoms with Crippen molar-refractivity contribution in [3.8, 4) is 17.5 Å². The van der Waals surface area contributed by atoms with Crippen LogP contribution in [-0.4, -0.2) is 77.1 Å². The zero-order chi connectivity index (χ0) is 20.5. The third kappa shape index (κ3) is 3.64. The molecule has 0 saturated carbocycles. The number of nitriles is 1. The fourth-order valence-corrected chi connectivity index (χ4v) is 4.66. The van der Waals surface area contributed by atoms with E-state index in [0.29, 0.717) is 11.6 Å². The third-order valence-electron chi connectivity index (χ3n) is 6.47. The Morgan fingerprint density at radius 2 is 1.87 bits per heavy atom. The molecule has 2 fully saturated rings. The van der Waals surface area contributed by atoms with Gasteiger partial charge in [-0.25, -0.2) is 9.97 Å². The Bertz CT molecular complexity index is 1070. The van der Waals surface area contributed by atoms with Crippen LogP contribution in [0.1, 0.15) is 18.4 Å². The van der Waals surface area contributed by atoms with E-state index in [0.717, 1.165) is 41.3 Å². The Morgan fingerprint density at radius 3 is 2.63 bits per heavy atom. The lowest BCUT2D eigenvalue weighted by atomic mass is 10.0. The number of piperidine rings is 1. The molecule has 0 unspecified atom stereocenters. The molecule has 0 radical (unpaired) electrons. The summed E-state index contributed by atoms with van der Waals surface area (Å²) in [6.07, 6.45) is 4.20. The van der Waals surface area contributed by atoms with Gasteiger partial charge in [0.1, 0.15) is 11.3 Å². The van der Waals surface area contributed by atoms with Crippen LogP contribution in [-0.2, 0) is 0 Å². The first-order chi connectivity index (χ1) is 14.7. The van der Waals surface area contributed by atoms with Gasteiger partial charge in [-0.1, -0.05) is 12.1 Å². The van der Waals surface area contributed by atoms with Crippen LogP contribution in [0.2, 0.25) is 0 Å². The quantitative estimate of drug-likeness (QED) is 0.727. The van der Waals surface area contributed by atoms with E-state index in [4.69, 9.17) is 4.98 Å². The van der Waals surface area contributed by atoms with E-state index in [1.165, 1.54) is 39.0 Å². The summed E-state index contributed by atoms with van der Waals surface area (Å²) in [7, 11) is 2.21. The van der Waals surface area contributed by atoms with Crippen molar-refractivity contribution in [2.24, 2.45) is 0 Å². The van der Waals surface area contributed by atoms with Crippen molar-refractivity contribution in [2.75, 3.05) is 51.2 Å². The number of pyridine rings is 1. The molecule has 1 aromatic carbocycles. The van der Waals surface area contributed by atoms with Crippen molar-refractivity contribution in [3.63, 3.8) is 0 Å². The lowest BCUT2D eigenvalue weighted by Gasteiger charge is -2.42. The predicted molar refractivity (Wildman–Crippen MR) is 118 cm³/mol. The van der Waals surface area contributed by atoms with Gasteiger partial charge in [0.2, 0.25) is 0 Å². The molecule has 154 valence electrons. The SMILES string of the molecule is CN1CCN(C2CCN(c3nccc4[nH]c(-c5cccc(C#N)c5)nc34)CC2)CC1. The topological polar surface area (TPSA) is 75.1 Å². The first-order valence-corrected chi connectivity index (χ1v) is 10.7. The predicted octanol–water partition coefficient (Wildman–Crippen LogP) is 2.71. The highest BCUT2D eigenvalue weighted by Gasteiger charge is 2.28. The minimum atomic E-state index is 0.636. The minimum absolute atomic E-state index is 0.636. The number of anilines is 1. The maximum absolute atomic E-state index is 9.19. The van der Waals surface area contributed by atoms with E-state index in [1.807, 2.05) is 36.5 Å². The normalized spacial score (nSPS) is 19.3. The standard InChI is InChI=1S/C23H27N7/c1-28-11-13-29(14-12-28)19-6-9-30(10-7-19)23-21-20(5-8-25-23)26-22(27-21)18-4-2-3-17(15-18)16-24/h2-5,8,15,19H,6-7,9-14H2,1H3,(H,26,27). The number of hydrogen-bond acceptors (Lipinski definition) is 6. The Balaban J connectivity index is 1.35. The minimum Gasteiger partial charge on any atom is -0.355 e. The number of rotatable bonds is 3. The zero-order valence-electron chi connectivity index (χ0n) is 17.4. The van der Waals surface area contributed by atoms with E-state index in [9.17, 15) is 5.26 Å². The van der Waals surface area contributed by atoms with Crippen LogP contribution in [0.5, 0.6) is 0 Å². The van der Waals surface area contributed by atoms with Crippen LogP contribution in [0.3, 0.4) is 0 Å². The number of aromatic nitrogens is 3. The van der Waals surface area contributed by atoms with Gasteiger partial charge in [-0.15, -0.1) is 0 Å². The van der Waals surface area contributed by atoms with Crippen LogP contribution >= 0.6 is 0 Å². The van der Waals surface area contributed by atoms with Gasteiger partial charge < -0.3 is 14.8 Å². The molecule has 0 spiro atoms. The fourth-order valence-electron chi connectivity index (χ4n) is 4.66. The summed E-state index contributed by atoms with van der Waals surface area (Å²) >= 11 is 0. The molecular formula is C23H27N7. The lowest BCUT2D eigenvalue weighted by molar-refractivity contribution is 0.0981. The van der Waals surface area contributed by atoms with Crippen molar-refractivity contribution in [3.05, 3.63) is 42.1 Å². The number of nitrogens with one attached hydrogen (secondary N) is 1. The highest BCUT2D eigenvalue weighted by Crippen LogP contribution is 2.29. The molecule has 2 aromatic heterocycles. The second kappa shape index (κ2) is 8.05. The van der Waals surface area contributed by atoms with Crippen molar-refractivity contribution < 1.29 is 0 Å². The molecule has 1 N–H and O–H groups in total. The summed E-state index contributed by atoms with van der Waals surface area (Å²) in [6, 6.07) is 12.4. The van der Waals surface area contributed by atoms with E-state index < -0.39 is 0 Å². The van der Waals surface area contributed by atoms with Crippen LogP contribution in [0.25, 0.3) is 22.4 Å². The molecule has 2 aliphatic heterocycles. The molecule has 2 aliphatic rings. The summed E-state index contributed by atoms with van der Waals surface area (Å²) in [5.74, 6) is 1.74. The van der Waals surface area contributed by atoms with Gasteiger partial charge in [-0.05, 0) is 38.1 Å². The molecule has 7 heteroatoms. The Morgan fingerprint density at radius 1 is 1.07 bits per heavy atom. The van der Waals surface area contributed by atoms with Crippen LogP contribution in [0, 0.1) is 11.3 Å². The van der Waals surface area contributed by atoms with Crippen molar-refractivity contribution >= 4 is 16.9 Å². The van der Waals surface area contributed by atoms with Gasteiger partial charge in [0, 0.05) is 57.1 Å². The molecule has 0 atom stereocenters. The van der Waals surface area contributed by atoms with Gasteiger partial charge in [0.05, 0.1) is 17.1 Å². The number of hydrogen-bond donors (Lipinski definition) is 1. The molecular weight excluding hydrogens is 374 g/mol. The number of H-pyrrole nitrogens is 1. The number of aromatic amines is 1. The Kier molecular flexibility index (Phi) is 5.11. The first-order valence-electron chi connectivity index (χ1n) is 10.7. The van der Waals surface area contributed by atoms with Crippen molar-refractivity contribution in [1.29, 1.82) is 5.26 Å². The van der Waals surface area contributed by atoms with Gasteiger partial charge in [0.25, 0.3) is 0 Å². The molecule has 30 heavy (non-hydrogen) atoms. The average molecular weight is 402 g/mol. The van der Waals surface area contributed by atoms with Crippen LogP contribution in [0.4, 0.5) is 5.82 Å². The summed E-state index contributed by atoms with van der Waals surface area (Å²) in [4.78, 5) is 20.4. The maximum Gasteiger partial charge on any atom is 0.156 e. The summed E-state index contributed by atoms with van der Waals surface area (Å²) in [6.45, 7) is 6.72. The van der Waals surface area contributed by atoms with Gasteiger partial charge in [0.15, 0.2) is 5.82 Å². The number of fused-ring (bicyclic) bond motifs is 1. The van der Waals surface area contributed by atoms with E-state index in [2.05, 4.69) is 37.8 Å². The highest BCUT2D eigenvalue weighted by atomic mass is 15.3. The number of piperazine rings is 1.